The molecule has 0 spiro atoms. The highest BCUT2D eigenvalue weighted by Crippen LogP contribution is 2.44. The maximum absolute atomic E-state index is 12.2. The minimum atomic E-state index is -1.23. The van der Waals surface area contributed by atoms with Gasteiger partial charge in [-0.05, 0) is 41.1 Å². The van der Waals surface area contributed by atoms with Crippen LogP contribution in [0, 0.1) is 0 Å². The summed E-state index contributed by atoms with van der Waals surface area (Å²) in [6.45, 7) is 2.62. The van der Waals surface area contributed by atoms with E-state index < -0.39 is 11.7 Å². The van der Waals surface area contributed by atoms with Gasteiger partial charge in [0.05, 0.1) is 27.9 Å². The molecule has 3 atom stereocenters. The first-order valence-electron chi connectivity index (χ1n) is 12.5. The number of fused-ring (bicyclic) bond motifs is 1. The van der Waals surface area contributed by atoms with E-state index in [1.165, 1.54) is 0 Å². The minimum absolute atomic E-state index is 0. The Morgan fingerprint density at radius 3 is 2.03 bits per heavy atom. The Balaban J connectivity index is 0.00000400. The van der Waals surface area contributed by atoms with Crippen molar-refractivity contribution >= 4 is 10.8 Å². The second-order valence-corrected chi connectivity index (χ2v) is 9.30. The number of hydrogen-bond donors (Lipinski definition) is 3. The number of methoxy groups -OCH3 is 3. The summed E-state index contributed by atoms with van der Waals surface area (Å²) in [5.74, 6) is 1.68. The van der Waals surface area contributed by atoms with Crippen molar-refractivity contribution in [3.63, 3.8) is 0 Å². The Morgan fingerprint density at radius 2 is 1.42 bits per heavy atom. The molecule has 0 aliphatic carbocycles. The van der Waals surface area contributed by atoms with Crippen molar-refractivity contribution in [2.45, 2.75) is 31.1 Å². The van der Waals surface area contributed by atoms with Gasteiger partial charge >= 0.3 is 0 Å². The molecular weight excluding hydrogens is 502 g/mol. The van der Waals surface area contributed by atoms with Gasteiger partial charge in [0.1, 0.15) is 17.7 Å². The predicted molar refractivity (Wildman–Crippen MR) is 145 cm³/mol. The third-order valence-electron chi connectivity index (χ3n) is 7.05. The molecule has 4 rings (SSSR count). The lowest BCUT2D eigenvalue weighted by atomic mass is 9.82. The van der Waals surface area contributed by atoms with E-state index in [4.69, 9.17) is 14.2 Å². The predicted octanol–water partition coefficient (Wildman–Crippen LogP) is 1.18. The van der Waals surface area contributed by atoms with E-state index in [1.807, 2.05) is 91.9 Å². The van der Waals surface area contributed by atoms with E-state index in [1.54, 1.807) is 21.3 Å². The minimum Gasteiger partial charge on any atom is -1.00 e. The fourth-order valence-corrected chi connectivity index (χ4v) is 4.94. The molecule has 7 heteroatoms. The van der Waals surface area contributed by atoms with Crippen LogP contribution in [-0.4, -0.2) is 44.1 Å². The second-order valence-electron chi connectivity index (χ2n) is 9.30. The van der Waals surface area contributed by atoms with Gasteiger partial charge in [-0.25, -0.2) is 0 Å². The summed E-state index contributed by atoms with van der Waals surface area (Å²) in [6.07, 6.45) is -0.139. The molecule has 0 saturated carbocycles. The lowest BCUT2D eigenvalue weighted by Crippen LogP contribution is -3.00. The molecule has 0 aliphatic heterocycles. The Kier molecular flexibility index (Phi) is 10.00. The number of halogens is 1. The van der Waals surface area contributed by atoms with E-state index >= 15 is 0 Å². The molecule has 0 aliphatic rings. The number of ether oxygens (including phenoxy) is 3. The molecule has 0 radical (unpaired) electrons. The van der Waals surface area contributed by atoms with Gasteiger partial charge in [-0.2, -0.15) is 0 Å². The van der Waals surface area contributed by atoms with Crippen LogP contribution in [0.2, 0.25) is 0 Å². The lowest BCUT2D eigenvalue weighted by molar-refractivity contribution is -0.696. The first-order valence-corrected chi connectivity index (χ1v) is 12.5. The van der Waals surface area contributed by atoms with Crippen LogP contribution in [0.1, 0.15) is 36.1 Å². The zero-order valence-corrected chi connectivity index (χ0v) is 23.0. The fourth-order valence-electron chi connectivity index (χ4n) is 4.94. The van der Waals surface area contributed by atoms with Crippen LogP contribution in [0.3, 0.4) is 0 Å². The molecule has 0 fully saturated rings. The molecule has 0 aromatic heterocycles. The van der Waals surface area contributed by atoms with Gasteiger partial charge in [-0.1, -0.05) is 72.8 Å². The summed E-state index contributed by atoms with van der Waals surface area (Å²) in [4.78, 5) is 0. The molecule has 6 nitrogen and oxygen atoms in total. The van der Waals surface area contributed by atoms with Gasteiger partial charge in [0.15, 0.2) is 11.5 Å². The van der Waals surface area contributed by atoms with E-state index in [0.717, 1.165) is 27.5 Å². The smallest absolute Gasteiger partial charge is 0.203 e. The van der Waals surface area contributed by atoms with Crippen LogP contribution in [-0.2, 0) is 5.60 Å². The molecular formula is C31H36ClNO5. The Morgan fingerprint density at radius 1 is 0.789 bits per heavy atom. The van der Waals surface area contributed by atoms with Crippen LogP contribution in [0.4, 0.5) is 0 Å². The van der Waals surface area contributed by atoms with E-state index in [-0.39, 0.29) is 18.4 Å². The second kappa shape index (κ2) is 13.0. The van der Waals surface area contributed by atoms with Gasteiger partial charge in [0.2, 0.25) is 5.75 Å². The number of benzene rings is 4. The van der Waals surface area contributed by atoms with Crippen LogP contribution >= 0.6 is 0 Å². The van der Waals surface area contributed by atoms with Crippen LogP contribution < -0.4 is 31.9 Å². The average Bonchev–Trinajstić information content (AvgIpc) is 2.95. The number of aliphatic hydroxyl groups is 2. The molecule has 0 heterocycles. The molecule has 4 aromatic carbocycles. The van der Waals surface area contributed by atoms with Gasteiger partial charge in [-0.15, -0.1) is 0 Å². The SMILES string of the molecule is COc1cc2cc(C(O)(CC[NH2+]C(C)C(O)c3ccccc3)c3ccccc3)ccc2c(OC)c1OC.[Cl-]. The highest BCUT2D eigenvalue weighted by Gasteiger charge is 2.33. The van der Waals surface area contributed by atoms with Crippen molar-refractivity contribution in [1.29, 1.82) is 0 Å². The summed E-state index contributed by atoms with van der Waals surface area (Å²) >= 11 is 0. The molecule has 0 bridgehead atoms. The largest absolute Gasteiger partial charge is 1.00 e. The maximum Gasteiger partial charge on any atom is 0.203 e. The summed E-state index contributed by atoms with van der Waals surface area (Å²) < 4.78 is 16.7. The first kappa shape index (κ1) is 29.3. The van der Waals surface area contributed by atoms with Gasteiger partial charge in [0, 0.05) is 11.8 Å². The van der Waals surface area contributed by atoms with Gasteiger partial charge in [-0.3, -0.25) is 0 Å². The fraction of sp³-hybridized carbons (Fsp3) is 0.290. The molecule has 0 amide bonds. The zero-order valence-electron chi connectivity index (χ0n) is 22.2. The lowest BCUT2D eigenvalue weighted by Gasteiger charge is -2.30. The highest BCUT2D eigenvalue weighted by atomic mass is 35.5. The summed E-state index contributed by atoms with van der Waals surface area (Å²) in [5.41, 5.74) is 1.23. The van der Waals surface area contributed by atoms with Crippen LogP contribution in [0.15, 0.2) is 84.9 Å². The monoisotopic (exact) mass is 537 g/mol. The van der Waals surface area contributed by atoms with E-state index in [9.17, 15) is 10.2 Å². The third kappa shape index (κ3) is 5.89. The Bertz CT molecular complexity index is 1320. The van der Waals surface area contributed by atoms with Crippen LogP contribution in [0.25, 0.3) is 10.8 Å². The van der Waals surface area contributed by atoms with Gasteiger partial charge < -0.3 is 42.1 Å². The van der Waals surface area contributed by atoms with Crippen molar-refractivity contribution in [2.75, 3.05) is 27.9 Å². The number of nitrogens with two attached hydrogens (primary N) is 1. The third-order valence-corrected chi connectivity index (χ3v) is 7.05. The average molecular weight is 538 g/mol. The number of quaternary nitrogens is 1. The normalized spacial score (nSPS) is 14.2. The molecule has 38 heavy (non-hydrogen) atoms. The van der Waals surface area contributed by atoms with Crippen molar-refractivity contribution in [3.8, 4) is 17.2 Å². The van der Waals surface area contributed by atoms with E-state index in [0.29, 0.717) is 30.2 Å². The molecule has 202 valence electrons. The first-order chi connectivity index (χ1) is 17.9. The molecule has 4 N–H and O–H groups in total. The molecule has 4 aromatic rings. The topological polar surface area (TPSA) is 84.8 Å². The van der Waals surface area contributed by atoms with Crippen molar-refractivity contribution in [1.82, 2.24) is 0 Å². The number of aliphatic hydroxyl groups excluding tert-OH is 1. The molecule has 3 unspecified atom stereocenters. The summed E-state index contributed by atoms with van der Waals surface area (Å²) in [5, 5.41) is 26.8. The number of rotatable bonds is 11. The van der Waals surface area contributed by atoms with Crippen molar-refractivity contribution in [2.24, 2.45) is 0 Å². The van der Waals surface area contributed by atoms with Crippen molar-refractivity contribution < 1.29 is 42.1 Å². The standard InChI is InChI=1S/C31H35NO5.ClH/c1-21(28(33)22-11-7-5-8-12-22)32-18-17-31(34,24-13-9-6-10-14-24)25-15-16-26-23(19-25)20-27(35-2)30(37-4)29(26)36-3;/h5-16,19-21,28,32-34H,17-18H2,1-4H3;1H. The maximum atomic E-state index is 12.2. The summed E-state index contributed by atoms with van der Waals surface area (Å²) in [6, 6.07) is 27.1. The van der Waals surface area contributed by atoms with Gasteiger partial charge in [0.25, 0.3) is 0 Å². The summed E-state index contributed by atoms with van der Waals surface area (Å²) in [7, 11) is 4.78. The number of hydrogen-bond acceptors (Lipinski definition) is 5. The van der Waals surface area contributed by atoms with E-state index in [2.05, 4.69) is 5.32 Å². The Hall–Kier alpha value is -3.29. The molecule has 0 saturated heterocycles. The quantitative estimate of drug-likeness (QED) is 0.268. The zero-order chi connectivity index (χ0) is 26.4. The Labute approximate surface area is 230 Å². The van der Waals surface area contributed by atoms with Crippen molar-refractivity contribution in [3.05, 3.63) is 102 Å². The van der Waals surface area contributed by atoms with Crippen LogP contribution in [0.5, 0.6) is 17.2 Å². The highest BCUT2D eigenvalue weighted by molar-refractivity contribution is 5.93.